The summed E-state index contributed by atoms with van der Waals surface area (Å²) in [5.41, 5.74) is 4.84. The first-order valence-electron chi connectivity index (χ1n) is 5.52. The van der Waals surface area contributed by atoms with E-state index in [1.54, 1.807) is 20.9 Å². The van der Waals surface area contributed by atoms with Crippen molar-refractivity contribution in [3.05, 3.63) is 0 Å². The van der Waals surface area contributed by atoms with E-state index in [4.69, 9.17) is 5.73 Å². The van der Waals surface area contributed by atoms with Crippen molar-refractivity contribution in [2.75, 3.05) is 20.1 Å². The van der Waals surface area contributed by atoms with E-state index in [0.717, 1.165) is 0 Å². The van der Waals surface area contributed by atoms with E-state index in [-0.39, 0.29) is 17.7 Å². The van der Waals surface area contributed by atoms with Gasteiger partial charge in [-0.15, -0.1) is 0 Å². The summed E-state index contributed by atoms with van der Waals surface area (Å²) in [7, 11) is 1.59. The zero-order chi connectivity index (χ0) is 12.8. The Bertz CT molecular complexity index is 252. The summed E-state index contributed by atoms with van der Waals surface area (Å²) >= 11 is 0. The van der Waals surface area contributed by atoms with Crippen molar-refractivity contribution in [3.63, 3.8) is 0 Å². The number of carbonyl (C=O) groups excluding carboxylic acids is 2. The molecule has 1 unspecified atom stereocenters. The molecule has 0 aliphatic carbocycles. The lowest BCUT2D eigenvalue weighted by Crippen LogP contribution is -2.44. The first kappa shape index (κ1) is 14.9. The molecule has 5 heteroatoms. The van der Waals surface area contributed by atoms with Crippen LogP contribution in [0, 0.1) is 11.3 Å². The normalized spacial score (nSPS) is 13.1. The van der Waals surface area contributed by atoms with Crippen LogP contribution in [0.1, 0.15) is 27.2 Å². The Balaban J connectivity index is 4.05. The Morgan fingerprint density at radius 1 is 1.38 bits per heavy atom. The van der Waals surface area contributed by atoms with Crippen LogP contribution in [0.2, 0.25) is 0 Å². The third kappa shape index (κ3) is 5.11. The number of nitrogens with two attached hydrogens (primary N) is 1. The maximum Gasteiger partial charge on any atom is 0.227 e. The number of amides is 2. The molecule has 0 saturated carbocycles. The Morgan fingerprint density at radius 2 is 1.94 bits per heavy atom. The van der Waals surface area contributed by atoms with Crippen LogP contribution in [0.3, 0.4) is 0 Å². The molecule has 0 aliphatic rings. The molecule has 5 nitrogen and oxygen atoms in total. The molecule has 16 heavy (non-hydrogen) atoms. The maximum absolute atomic E-state index is 11.5. The van der Waals surface area contributed by atoms with Crippen LogP contribution in [-0.2, 0) is 9.59 Å². The lowest BCUT2D eigenvalue weighted by atomic mass is 9.92. The van der Waals surface area contributed by atoms with Gasteiger partial charge in [0.15, 0.2) is 0 Å². The number of hydrogen-bond acceptors (Lipinski definition) is 3. The number of rotatable bonds is 6. The lowest BCUT2D eigenvalue weighted by molar-refractivity contribution is -0.129. The van der Waals surface area contributed by atoms with Gasteiger partial charge >= 0.3 is 0 Å². The molecule has 0 aromatic carbocycles. The second kappa shape index (κ2) is 6.48. The molecule has 0 aromatic heterocycles. The van der Waals surface area contributed by atoms with E-state index >= 15 is 0 Å². The molecule has 2 amide bonds. The Hall–Kier alpha value is -1.10. The summed E-state index contributed by atoms with van der Waals surface area (Å²) < 4.78 is 0. The van der Waals surface area contributed by atoms with Crippen LogP contribution >= 0.6 is 0 Å². The number of carbonyl (C=O) groups is 2. The average molecular weight is 229 g/mol. The minimum atomic E-state index is -0.587. The third-order valence-electron chi connectivity index (χ3n) is 2.51. The van der Waals surface area contributed by atoms with Crippen LogP contribution in [0.5, 0.6) is 0 Å². The monoisotopic (exact) mass is 229 g/mol. The van der Waals surface area contributed by atoms with Gasteiger partial charge in [-0.3, -0.25) is 9.59 Å². The number of hydrogen-bond donors (Lipinski definition) is 3. The van der Waals surface area contributed by atoms with Gasteiger partial charge in [0, 0.05) is 20.0 Å². The van der Waals surface area contributed by atoms with Crippen molar-refractivity contribution in [1.29, 1.82) is 0 Å². The van der Waals surface area contributed by atoms with Gasteiger partial charge in [-0.2, -0.15) is 0 Å². The zero-order valence-electron chi connectivity index (χ0n) is 10.6. The van der Waals surface area contributed by atoms with E-state index in [1.165, 1.54) is 0 Å². The standard InChI is InChI=1S/C11H23N3O2/c1-8(6-12)5-9(15)14-7-11(2,3)10(16)13-4/h8H,5-7,12H2,1-4H3,(H,13,16)(H,14,15). The topological polar surface area (TPSA) is 84.2 Å². The first-order valence-corrected chi connectivity index (χ1v) is 5.52. The summed E-state index contributed by atoms with van der Waals surface area (Å²) in [5, 5.41) is 5.32. The van der Waals surface area contributed by atoms with Crippen molar-refractivity contribution in [3.8, 4) is 0 Å². The Morgan fingerprint density at radius 3 is 2.38 bits per heavy atom. The molecule has 0 bridgehead atoms. The molecule has 0 rings (SSSR count). The Labute approximate surface area is 97.2 Å². The van der Waals surface area contributed by atoms with Crippen molar-refractivity contribution in [1.82, 2.24) is 10.6 Å². The molecular weight excluding hydrogens is 206 g/mol. The Kier molecular flexibility index (Phi) is 6.03. The van der Waals surface area contributed by atoms with E-state index in [2.05, 4.69) is 10.6 Å². The predicted molar refractivity (Wildman–Crippen MR) is 63.7 cm³/mol. The van der Waals surface area contributed by atoms with E-state index in [9.17, 15) is 9.59 Å². The van der Waals surface area contributed by atoms with Gasteiger partial charge in [-0.05, 0) is 26.3 Å². The second-order valence-electron chi connectivity index (χ2n) is 4.78. The van der Waals surface area contributed by atoms with E-state index < -0.39 is 5.41 Å². The molecule has 0 heterocycles. The van der Waals surface area contributed by atoms with Gasteiger partial charge in [0.2, 0.25) is 11.8 Å². The molecular formula is C11H23N3O2. The van der Waals surface area contributed by atoms with Gasteiger partial charge in [0.1, 0.15) is 0 Å². The van der Waals surface area contributed by atoms with Gasteiger partial charge in [0.05, 0.1) is 5.41 Å². The van der Waals surface area contributed by atoms with Crippen molar-refractivity contribution in [2.24, 2.45) is 17.1 Å². The zero-order valence-corrected chi connectivity index (χ0v) is 10.6. The second-order valence-corrected chi connectivity index (χ2v) is 4.78. The fraction of sp³-hybridized carbons (Fsp3) is 0.818. The van der Waals surface area contributed by atoms with E-state index in [1.807, 2.05) is 6.92 Å². The van der Waals surface area contributed by atoms with Crippen LogP contribution in [0.4, 0.5) is 0 Å². The smallest absolute Gasteiger partial charge is 0.227 e. The van der Waals surface area contributed by atoms with Crippen molar-refractivity contribution < 1.29 is 9.59 Å². The quantitative estimate of drug-likeness (QED) is 0.592. The minimum absolute atomic E-state index is 0.0603. The SMILES string of the molecule is CNC(=O)C(C)(C)CNC(=O)CC(C)CN. The summed E-state index contributed by atoms with van der Waals surface area (Å²) in [6.45, 7) is 6.33. The lowest BCUT2D eigenvalue weighted by Gasteiger charge is -2.23. The highest BCUT2D eigenvalue weighted by Crippen LogP contribution is 2.13. The van der Waals surface area contributed by atoms with Gasteiger partial charge in [0.25, 0.3) is 0 Å². The highest BCUT2D eigenvalue weighted by atomic mass is 16.2. The van der Waals surface area contributed by atoms with Crippen LogP contribution < -0.4 is 16.4 Å². The van der Waals surface area contributed by atoms with Crippen molar-refractivity contribution in [2.45, 2.75) is 27.2 Å². The average Bonchev–Trinajstić information content (AvgIpc) is 2.25. The summed E-state index contributed by atoms with van der Waals surface area (Å²) in [6.07, 6.45) is 0.403. The molecule has 0 saturated heterocycles. The summed E-state index contributed by atoms with van der Waals surface area (Å²) in [6, 6.07) is 0. The van der Waals surface area contributed by atoms with Gasteiger partial charge in [-0.25, -0.2) is 0 Å². The minimum Gasteiger partial charge on any atom is -0.359 e. The third-order valence-corrected chi connectivity index (χ3v) is 2.51. The highest BCUT2D eigenvalue weighted by Gasteiger charge is 2.27. The maximum atomic E-state index is 11.5. The van der Waals surface area contributed by atoms with E-state index in [0.29, 0.717) is 19.5 Å². The number of nitrogens with one attached hydrogen (secondary N) is 2. The molecule has 0 radical (unpaired) electrons. The largest absolute Gasteiger partial charge is 0.359 e. The summed E-state index contributed by atoms with van der Waals surface area (Å²) in [5.74, 6) is 0.0257. The van der Waals surface area contributed by atoms with Crippen LogP contribution in [0.15, 0.2) is 0 Å². The molecule has 94 valence electrons. The van der Waals surface area contributed by atoms with Crippen LogP contribution in [-0.4, -0.2) is 32.0 Å². The van der Waals surface area contributed by atoms with Gasteiger partial charge in [-0.1, -0.05) is 6.92 Å². The fourth-order valence-corrected chi connectivity index (χ4v) is 1.21. The predicted octanol–water partition coefficient (Wildman–Crippen LogP) is -0.140. The summed E-state index contributed by atoms with van der Waals surface area (Å²) in [4.78, 5) is 22.9. The van der Waals surface area contributed by atoms with Crippen molar-refractivity contribution >= 4 is 11.8 Å². The molecule has 1 atom stereocenters. The molecule has 0 fully saturated rings. The fourth-order valence-electron chi connectivity index (χ4n) is 1.21. The molecule has 0 spiro atoms. The highest BCUT2D eigenvalue weighted by molar-refractivity contribution is 5.83. The molecule has 0 aliphatic heterocycles. The molecule has 4 N–H and O–H groups in total. The van der Waals surface area contributed by atoms with Crippen LogP contribution in [0.25, 0.3) is 0 Å². The van der Waals surface area contributed by atoms with Gasteiger partial charge < -0.3 is 16.4 Å². The first-order chi connectivity index (χ1) is 7.33. The molecule has 0 aromatic rings.